The molecule has 1 aromatic rings. The molecular formula is C22H35N5O2. The number of hydrogen-bond donors (Lipinski definition) is 5. The van der Waals surface area contributed by atoms with Crippen molar-refractivity contribution in [3.63, 3.8) is 0 Å². The Balaban J connectivity index is 1.67. The highest BCUT2D eigenvalue weighted by molar-refractivity contribution is 5.81. The van der Waals surface area contributed by atoms with Crippen LogP contribution in [0.15, 0.2) is 12.1 Å². The quantitative estimate of drug-likeness (QED) is 0.529. The van der Waals surface area contributed by atoms with Crippen molar-refractivity contribution in [2.75, 3.05) is 32.1 Å². The van der Waals surface area contributed by atoms with Crippen molar-refractivity contribution in [1.82, 2.24) is 21.3 Å². The largest absolute Gasteiger partial charge is 0.486 e. The molecule has 4 atom stereocenters. The van der Waals surface area contributed by atoms with Crippen molar-refractivity contribution in [2.45, 2.75) is 64.6 Å². The van der Waals surface area contributed by atoms with E-state index in [1.165, 1.54) is 16.7 Å². The number of hydrogen-bond acceptors (Lipinski definition) is 7. The maximum absolute atomic E-state index is 6.10. The van der Waals surface area contributed by atoms with Crippen LogP contribution in [0.1, 0.15) is 44.2 Å². The molecule has 29 heavy (non-hydrogen) atoms. The highest BCUT2D eigenvalue weighted by Gasteiger charge is 2.28. The van der Waals surface area contributed by atoms with Gasteiger partial charge in [0.25, 0.3) is 0 Å². The van der Waals surface area contributed by atoms with Crippen LogP contribution in [0, 0.1) is 6.92 Å². The summed E-state index contributed by atoms with van der Waals surface area (Å²) in [5.74, 6) is 1.73. The molecule has 1 saturated heterocycles. The lowest BCUT2D eigenvalue weighted by atomic mass is 9.93. The summed E-state index contributed by atoms with van der Waals surface area (Å²) in [7, 11) is 1.99. The van der Waals surface area contributed by atoms with Gasteiger partial charge in [-0.15, -0.1) is 0 Å². The third-order valence-electron chi connectivity index (χ3n) is 6.13. The molecule has 3 aliphatic heterocycles. The molecule has 0 spiro atoms. The second kappa shape index (κ2) is 8.92. The average Bonchev–Trinajstić information content (AvgIpc) is 2.92. The first-order valence-electron chi connectivity index (χ1n) is 10.9. The molecule has 4 rings (SSSR count). The number of anilines is 1. The predicted molar refractivity (Wildman–Crippen MR) is 117 cm³/mol. The van der Waals surface area contributed by atoms with E-state index in [0.29, 0.717) is 25.3 Å². The fourth-order valence-electron chi connectivity index (χ4n) is 4.47. The summed E-state index contributed by atoms with van der Waals surface area (Å²) in [5.41, 5.74) is 4.81. The average molecular weight is 402 g/mol. The Labute approximate surface area is 174 Å². The van der Waals surface area contributed by atoms with Crippen molar-refractivity contribution >= 4 is 11.3 Å². The number of allylic oxidation sites excluding steroid dienone is 1. The zero-order valence-electron chi connectivity index (χ0n) is 18.0. The van der Waals surface area contributed by atoms with Gasteiger partial charge in [0.15, 0.2) is 11.5 Å². The van der Waals surface area contributed by atoms with Gasteiger partial charge < -0.3 is 25.4 Å². The van der Waals surface area contributed by atoms with E-state index in [2.05, 4.69) is 59.5 Å². The summed E-state index contributed by atoms with van der Waals surface area (Å²) in [6.07, 6.45) is 5.76. The Bertz CT molecular complexity index is 766. The van der Waals surface area contributed by atoms with Crippen molar-refractivity contribution in [2.24, 2.45) is 0 Å². The Morgan fingerprint density at radius 3 is 2.76 bits per heavy atom. The first-order valence-corrected chi connectivity index (χ1v) is 10.9. The lowest BCUT2D eigenvalue weighted by molar-refractivity contribution is 0.171. The van der Waals surface area contributed by atoms with E-state index in [4.69, 9.17) is 9.47 Å². The molecule has 1 fully saturated rings. The van der Waals surface area contributed by atoms with E-state index < -0.39 is 0 Å². The topological polar surface area (TPSA) is 78.6 Å². The summed E-state index contributed by atoms with van der Waals surface area (Å²) in [6.45, 7) is 8.71. The van der Waals surface area contributed by atoms with Gasteiger partial charge in [0.1, 0.15) is 19.5 Å². The molecule has 0 amide bonds. The second-order valence-corrected chi connectivity index (χ2v) is 8.41. The van der Waals surface area contributed by atoms with E-state index in [0.717, 1.165) is 43.0 Å². The Morgan fingerprint density at radius 1 is 1.10 bits per heavy atom. The molecule has 3 unspecified atom stereocenters. The maximum atomic E-state index is 6.10. The van der Waals surface area contributed by atoms with Crippen LogP contribution in [-0.4, -0.2) is 51.3 Å². The Hall–Kier alpha value is -1.80. The van der Waals surface area contributed by atoms with Crippen LogP contribution in [-0.2, 0) is 0 Å². The number of fused-ring (bicyclic) bond motifs is 1. The Morgan fingerprint density at radius 2 is 1.93 bits per heavy atom. The molecular weight excluding hydrogens is 366 g/mol. The van der Waals surface area contributed by atoms with Crippen LogP contribution < -0.4 is 36.1 Å². The fourth-order valence-corrected chi connectivity index (χ4v) is 4.47. The van der Waals surface area contributed by atoms with Gasteiger partial charge in [0.05, 0.1) is 6.17 Å². The summed E-state index contributed by atoms with van der Waals surface area (Å²) < 4.78 is 12.1. The maximum Gasteiger partial charge on any atom is 0.169 e. The summed E-state index contributed by atoms with van der Waals surface area (Å²) in [4.78, 5) is 0. The molecule has 0 aliphatic carbocycles. The summed E-state index contributed by atoms with van der Waals surface area (Å²) in [5, 5.41) is 17.7. The smallest absolute Gasteiger partial charge is 0.169 e. The third kappa shape index (κ3) is 4.53. The van der Waals surface area contributed by atoms with Crippen LogP contribution in [0.3, 0.4) is 0 Å². The fraction of sp³-hybridized carbons (Fsp3) is 0.636. The van der Waals surface area contributed by atoms with Crippen molar-refractivity contribution < 1.29 is 9.47 Å². The SMILES string of the molecule is CNC1CC(C)NC(Nc2cc3c(c(C4=CCN[C@@H](C)CC4)c2C)OCCO3)N1. The van der Waals surface area contributed by atoms with Crippen molar-refractivity contribution in [1.29, 1.82) is 0 Å². The van der Waals surface area contributed by atoms with E-state index in [1.54, 1.807) is 0 Å². The standard InChI is InChI=1S/C22H35N5O2/c1-13-5-6-16(7-8-24-13)20-15(3)17(12-18-21(20)29-10-9-28-18)26-22-25-14(2)11-19(23-4)27-22/h7,12-14,19,22-27H,5-6,8-11H2,1-4H3/t13-,14?,19?,22?/m0/s1. The molecule has 0 saturated carbocycles. The van der Waals surface area contributed by atoms with Crippen LogP contribution in [0.2, 0.25) is 0 Å². The van der Waals surface area contributed by atoms with Gasteiger partial charge in [-0.2, -0.15) is 0 Å². The third-order valence-corrected chi connectivity index (χ3v) is 6.13. The molecule has 3 heterocycles. The lowest BCUT2D eigenvalue weighted by Gasteiger charge is -2.37. The molecule has 0 bridgehead atoms. The van der Waals surface area contributed by atoms with Gasteiger partial charge in [-0.25, -0.2) is 0 Å². The number of benzene rings is 1. The van der Waals surface area contributed by atoms with Crippen molar-refractivity contribution in [3.05, 3.63) is 23.3 Å². The minimum absolute atomic E-state index is 0.0184. The number of ether oxygens (including phenoxy) is 2. The zero-order valence-corrected chi connectivity index (χ0v) is 18.0. The van der Waals surface area contributed by atoms with Crippen LogP contribution in [0.4, 0.5) is 5.69 Å². The van der Waals surface area contributed by atoms with E-state index in [1.807, 2.05) is 7.05 Å². The van der Waals surface area contributed by atoms with Gasteiger partial charge >= 0.3 is 0 Å². The first kappa shape index (κ1) is 20.5. The molecule has 7 nitrogen and oxygen atoms in total. The minimum Gasteiger partial charge on any atom is -0.486 e. The highest BCUT2D eigenvalue weighted by atomic mass is 16.6. The Kier molecular flexibility index (Phi) is 6.29. The zero-order chi connectivity index (χ0) is 20.4. The normalized spacial score (nSPS) is 29.7. The molecule has 7 heteroatoms. The number of rotatable bonds is 4. The van der Waals surface area contributed by atoms with Crippen molar-refractivity contribution in [3.8, 4) is 11.5 Å². The van der Waals surface area contributed by atoms with E-state index in [-0.39, 0.29) is 12.5 Å². The van der Waals surface area contributed by atoms with Crippen LogP contribution in [0.5, 0.6) is 11.5 Å². The van der Waals surface area contributed by atoms with Crippen LogP contribution >= 0.6 is 0 Å². The van der Waals surface area contributed by atoms with Gasteiger partial charge in [0, 0.05) is 35.9 Å². The molecule has 0 radical (unpaired) electrons. The van der Waals surface area contributed by atoms with Crippen LogP contribution in [0.25, 0.3) is 5.57 Å². The van der Waals surface area contributed by atoms with Gasteiger partial charge in [-0.1, -0.05) is 6.08 Å². The van der Waals surface area contributed by atoms with Gasteiger partial charge in [-0.3, -0.25) is 10.6 Å². The first-order chi connectivity index (χ1) is 14.0. The van der Waals surface area contributed by atoms with E-state index >= 15 is 0 Å². The van der Waals surface area contributed by atoms with Gasteiger partial charge in [0.2, 0.25) is 0 Å². The lowest BCUT2D eigenvalue weighted by Crippen LogP contribution is -2.63. The molecule has 1 aromatic carbocycles. The monoisotopic (exact) mass is 401 g/mol. The highest BCUT2D eigenvalue weighted by Crippen LogP contribution is 2.44. The molecule has 5 N–H and O–H groups in total. The molecule has 3 aliphatic rings. The number of nitrogens with one attached hydrogen (secondary N) is 5. The summed E-state index contributed by atoms with van der Waals surface area (Å²) in [6, 6.07) is 3.02. The van der Waals surface area contributed by atoms with Gasteiger partial charge in [-0.05, 0) is 58.2 Å². The van der Waals surface area contributed by atoms with E-state index in [9.17, 15) is 0 Å². The minimum atomic E-state index is -0.0184. The predicted octanol–water partition coefficient (Wildman–Crippen LogP) is 2.13. The molecule has 0 aromatic heterocycles. The summed E-state index contributed by atoms with van der Waals surface area (Å²) >= 11 is 0. The molecule has 160 valence electrons. The second-order valence-electron chi connectivity index (χ2n) is 8.41.